The summed E-state index contributed by atoms with van der Waals surface area (Å²) in [6.45, 7) is 16.7. The van der Waals surface area contributed by atoms with Gasteiger partial charge in [0.2, 0.25) is 0 Å². The molecule has 1 saturated heterocycles. The Balaban J connectivity index is 1.49. The molecule has 34 heavy (non-hydrogen) atoms. The van der Waals surface area contributed by atoms with Crippen molar-refractivity contribution >= 4 is 5.69 Å². The molecule has 1 aliphatic heterocycles. The number of pyridine rings is 1. The standard InChI is InChI=1S/C30H39N3O/c1-6-24-12-11-13-25(7-2)30(24)27-20-22(4)26(23(5)31-27)21-32-16-18-33(19-17-32)28-14-9-10-15-29(28)34-8-3/h9-15,20H,6-8,16-19,21H2,1-5H3. The smallest absolute Gasteiger partial charge is 0.142 e. The Morgan fingerprint density at radius 1 is 0.853 bits per heavy atom. The Morgan fingerprint density at radius 2 is 1.53 bits per heavy atom. The lowest BCUT2D eigenvalue weighted by atomic mass is 9.93. The van der Waals surface area contributed by atoms with Crippen molar-refractivity contribution in [2.75, 3.05) is 37.7 Å². The van der Waals surface area contributed by atoms with E-state index in [0.717, 1.165) is 62.7 Å². The van der Waals surface area contributed by atoms with Crippen molar-refractivity contribution in [2.24, 2.45) is 0 Å². The van der Waals surface area contributed by atoms with E-state index in [1.54, 1.807) is 0 Å². The molecule has 0 atom stereocenters. The van der Waals surface area contributed by atoms with E-state index in [2.05, 4.69) is 86.0 Å². The van der Waals surface area contributed by atoms with Crippen molar-refractivity contribution in [1.29, 1.82) is 0 Å². The van der Waals surface area contributed by atoms with Crippen molar-refractivity contribution in [3.63, 3.8) is 0 Å². The van der Waals surface area contributed by atoms with E-state index in [0.29, 0.717) is 6.61 Å². The number of ether oxygens (including phenoxy) is 1. The number of piperazine rings is 1. The summed E-state index contributed by atoms with van der Waals surface area (Å²) in [5.74, 6) is 0.990. The summed E-state index contributed by atoms with van der Waals surface area (Å²) >= 11 is 0. The van der Waals surface area contributed by atoms with E-state index in [9.17, 15) is 0 Å². The van der Waals surface area contributed by atoms with E-state index in [4.69, 9.17) is 9.72 Å². The van der Waals surface area contributed by atoms with E-state index < -0.39 is 0 Å². The fourth-order valence-electron chi connectivity index (χ4n) is 5.16. The first-order valence-electron chi connectivity index (χ1n) is 12.8. The van der Waals surface area contributed by atoms with Crippen molar-refractivity contribution in [3.8, 4) is 17.0 Å². The van der Waals surface area contributed by atoms with E-state index in [1.807, 2.05) is 6.92 Å². The van der Waals surface area contributed by atoms with Crippen molar-refractivity contribution < 1.29 is 4.74 Å². The van der Waals surface area contributed by atoms with Crippen LogP contribution in [0.25, 0.3) is 11.3 Å². The highest BCUT2D eigenvalue weighted by Crippen LogP contribution is 2.31. The molecule has 1 aliphatic rings. The maximum absolute atomic E-state index is 5.86. The molecule has 0 saturated carbocycles. The van der Waals surface area contributed by atoms with Gasteiger partial charge < -0.3 is 9.64 Å². The maximum atomic E-state index is 5.86. The number of aryl methyl sites for hydroxylation is 4. The van der Waals surface area contributed by atoms with E-state index in [1.165, 1.54) is 33.5 Å². The number of para-hydroxylation sites is 2. The summed E-state index contributed by atoms with van der Waals surface area (Å²) < 4.78 is 5.86. The van der Waals surface area contributed by atoms with Crippen LogP contribution in [0.5, 0.6) is 5.75 Å². The van der Waals surface area contributed by atoms with Gasteiger partial charge in [0.25, 0.3) is 0 Å². The summed E-state index contributed by atoms with van der Waals surface area (Å²) in [5, 5.41) is 0. The topological polar surface area (TPSA) is 28.6 Å². The molecule has 0 unspecified atom stereocenters. The van der Waals surface area contributed by atoms with Crippen LogP contribution in [0.4, 0.5) is 5.69 Å². The molecule has 2 aromatic carbocycles. The highest BCUT2D eigenvalue weighted by Gasteiger charge is 2.21. The third-order valence-corrected chi connectivity index (χ3v) is 7.07. The number of aromatic nitrogens is 1. The van der Waals surface area contributed by atoms with Crippen LogP contribution in [0.3, 0.4) is 0 Å². The number of rotatable bonds is 8. The van der Waals surface area contributed by atoms with Crippen LogP contribution in [0, 0.1) is 13.8 Å². The molecule has 0 radical (unpaired) electrons. The molecule has 4 nitrogen and oxygen atoms in total. The van der Waals surface area contributed by atoms with Gasteiger partial charge in [-0.05, 0) is 74.1 Å². The lowest BCUT2D eigenvalue weighted by Crippen LogP contribution is -2.46. The van der Waals surface area contributed by atoms with Gasteiger partial charge in [0.05, 0.1) is 18.0 Å². The minimum Gasteiger partial charge on any atom is -0.492 e. The molecule has 1 aromatic heterocycles. The zero-order chi connectivity index (χ0) is 24.1. The first-order valence-corrected chi connectivity index (χ1v) is 12.8. The van der Waals surface area contributed by atoms with Crippen molar-refractivity contribution in [3.05, 3.63) is 76.5 Å². The average molecular weight is 458 g/mol. The van der Waals surface area contributed by atoms with Gasteiger partial charge in [-0.15, -0.1) is 0 Å². The lowest BCUT2D eigenvalue weighted by molar-refractivity contribution is 0.247. The zero-order valence-electron chi connectivity index (χ0n) is 21.5. The van der Waals surface area contributed by atoms with Crippen LogP contribution in [0.2, 0.25) is 0 Å². The van der Waals surface area contributed by atoms with E-state index in [-0.39, 0.29) is 0 Å². The first kappa shape index (κ1) is 24.3. The molecular weight excluding hydrogens is 418 g/mol. The number of benzene rings is 2. The molecule has 3 aromatic rings. The van der Waals surface area contributed by atoms with Gasteiger partial charge >= 0.3 is 0 Å². The molecular formula is C30H39N3O. The minimum absolute atomic E-state index is 0.695. The molecule has 0 spiro atoms. The van der Waals surface area contributed by atoms with Crippen LogP contribution in [0.15, 0.2) is 48.5 Å². The van der Waals surface area contributed by atoms with Gasteiger partial charge in [0.1, 0.15) is 5.75 Å². The Morgan fingerprint density at radius 3 is 2.15 bits per heavy atom. The Labute approximate surface area is 205 Å². The van der Waals surface area contributed by atoms with Gasteiger partial charge in [-0.1, -0.05) is 44.2 Å². The molecule has 4 heteroatoms. The Kier molecular flexibility index (Phi) is 7.89. The second-order valence-corrected chi connectivity index (χ2v) is 9.21. The fraction of sp³-hybridized carbons (Fsp3) is 0.433. The number of nitrogens with zero attached hydrogens (tertiary/aromatic N) is 3. The van der Waals surface area contributed by atoms with E-state index >= 15 is 0 Å². The predicted molar refractivity (Wildman–Crippen MR) is 143 cm³/mol. The Hall–Kier alpha value is -2.85. The van der Waals surface area contributed by atoms with Gasteiger partial charge in [0.15, 0.2) is 0 Å². The normalized spacial score (nSPS) is 14.4. The molecule has 0 N–H and O–H groups in total. The summed E-state index contributed by atoms with van der Waals surface area (Å²) in [6.07, 6.45) is 2.06. The van der Waals surface area contributed by atoms with Crippen LogP contribution >= 0.6 is 0 Å². The van der Waals surface area contributed by atoms with Crippen LogP contribution in [-0.2, 0) is 19.4 Å². The van der Waals surface area contributed by atoms with Crippen molar-refractivity contribution in [2.45, 2.75) is 54.0 Å². The molecule has 1 fully saturated rings. The summed E-state index contributed by atoms with van der Waals surface area (Å²) in [6, 6.07) is 17.4. The number of anilines is 1. The number of hydrogen-bond donors (Lipinski definition) is 0. The molecule has 0 amide bonds. The summed E-state index contributed by atoms with van der Waals surface area (Å²) in [5.41, 5.74) is 10.3. The van der Waals surface area contributed by atoms with Crippen LogP contribution in [0.1, 0.15) is 48.7 Å². The average Bonchev–Trinajstić information content (AvgIpc) is 2.86. The number of hydrogen-bond acceptors (Lipinski definition) is 4. The minimum atomic E-state index is 0.695. The van der Waals surface area contributed by atoms with Crippen molar-refractivity contribution in [1.82, 2.24) is 9.88 Å². The lowest BCUT2D eigenvalue weighted by Gasteiger charge is -2.37. The largest absolute Gasteiger partial charge is 0.492 e. The fourth-order valence-corrected chi connectivity index (χ4v) is 5.16. The highest BCUT2D eigenvalue weighted by atomic mass is 16.5. The first-order chi connectivity index (χ1) is 16.5. The summed E-state index contributed by atoms with van der Waals surface area (Å²) in [4.78, 5) is 10.1. The zero-order valence-corrected chi connectivity index (χ0v) is 21.5. The maximum Gasteiger partial charge on any atom is 0.142 e. The predicted octanol–water partition coefficient (Wildman–Crippen LogP) is 6.21. The monoisotopic (exact) mass is 457 g/mol. The summed E-state index contributed by atoms with van der Waals surface area (Å²) in [7, 11) is 0. The molecule has 4 rings (SSSR count). The molecule has 180 valence electrons. The second-order valence-electron chi connectivity index (χ2n) is 9.21. The molecule has 0 aliphatic carbocycles. The van der Waals surface area contributed by atoms with Gasteiger partial charge in [-0.25, -0.2) is 0 Å². The highest BCUT2D eigenvalue weighted by molar-refractivity contribution is 5.69. The SMILES string of the molecule is CCOc1ccccc1N1CCN(Cc2c(C)cc(-c3c(CC)cccc3CC)nc2C)CC1. The van der Waals surface area contributed by atoms with Gasteiger partial charge in [-0.3, -0.25) is 9.88 Å². The van der Waals surface area contributed by atoms with Gasteiger partial charge in [0, 0.05) is 44.0 Å². The quantitative estimate of drug-likeness (QED) is 0.402. The van der Waals surface area contributed by atoms with Gasteiger partial charge in [-0.2, -0.15) is 0 Å². The molecule has 2 heterocycles. The van der Waals surface area contributed by atoms with Crippen LogP contribution < -0.4 is 9.64 Å². The molecule has 0 bridgehead atoms. The van der Waals surface area contributed by atoms with Crippen LogP contribution in [-0.4, -0.2) is 42.7 Å². The third kappa shape index (κ3) is 5.12. The Bertz CT molecular complexity index is 1070. The third-order valence-electron chi connectivity index (χ3n) is 7.07. The second kappa shape index (κ2) is 11.1.